The number of benzene rings is 3. The first kappa shape index (κ1) is 24.3. The molecule has 36 heavy (non-hydrogen) atoms. The smallest absolute Gasteiger partial charge is 0.254 e. The number of carbonyl (C=O) groups excluding carboxylic acids is 2. The van der Waals surface area contributed by atoms with Crippen LogP contribution in [0.25, 0.3) is 10.8 Å². The van der Waals surface area contributed by atoms with Crippen molar-refractivity contribution in [2.24, 2.45) is 5.92 Å². The van der Waals surface area contributed by atoms with E-state index in [1.807, 2.05) is 59.5 Å². The Kier molecular flexibility index (Phi) is 6.92. The summed E-state index contributed by atoms with van der Waals surface area (Å²) in [6.07, 6.45) is 0.851. The van der Waals surface area contributed by atoms with E-state index < -0.39 is 0 Å². The lowest BCUT2D eigenvalue weighted by Crippen LogP contribution is -2.47. The molecule has 5 heteroatoms. The third kappa shape index (κ3) is 4.80. The van der Waals surface area contributed by atoms with E-state index in [4.69, 9.17) is 0 Å². The second-order valence-electron chi connectivity index (χ2n) is 10.0. The molecule has 0 spiro atoms. The molecular weight excluding hydrogens is 464 g/mol. The third-order valence-electron chi connectivity index (χ3n) is 6.96. The second-order valence-corrected chi connectivity index (χ2v) is 11.0. The number of fused-ring (bicyclic) bond motifs is 2. The number of rotatable bonds is 6. The van der Waals surface area contributed by atoms with Crippen LogP contribution >= 0.6 is 11.3 Å². The summed E-state index contributed by atoms with van der Waals surface area (Å²) in [5, 5.41) is 4.25. The maximum absolute atomic E-state index is 13.9. The van der Waals surface area contributed by atoms with Crippen molar-refractivity contribution < 1.29 is 9.59 Å². The van der Waals surface area contributed by atoms with E-state index in [0.29, 0.717) is 18.7 Å². The summed E-state index contributed by atoms with van der Waals surface area (Å²) in [6, 6.07) is 24.2. The van der Waals surface area contributed by atoms with Crippen molar-refractivity contribution in [1.82, 2.24) is 9.80 Å². The van der Waals surface area contributed by atoms with Crippen LogP contribution in [-0.4, -0.2) is 41.2 Å². The van der Waals surface area contributed by atoms with Gasteiger partial charge in [0, 0.05) is 23.5 Å². The molecule has 1 aromatic heterocycles. The molecule has 1 unspecified atom stereocenters. The van der Waals surface area contributed by atoms with Gasteiger partial charge in [0.05, 0.1) is 6.04 Å². The SMILES string of the molecule is Cc1ccccc1C1c2ccsc2CCN1C(=O)CN(CC(C)C)C(=O)c1ccc2ccccc2c1. The van der Waals surface area contributed by atoms with Gasteiger partial charge in [0.2, 0.25) is 5.91 Å². The molecule has 2 amide bonds. The first-order valence-electron chi connectivity index (χ1n) is 12.6. The topological polar surface area (TPSA) is 40.6 Å². The highest BCUT2D eigenvalue weighted by Gasteiger charge is 2.34. The van der Waals surface area contributed by atoms with E-state index in [0.717, 1.165) is 22.8 Å². The summed E-state index contributed by atoms with van der Waals surface area (Å²) in [7, 11) is 0. The van der Waals surface area contributed by atoms with Crippen LogP contribution in [0.4, 0.5) is 0 Å². The average Bonchev–Trinajstić information content (AvgIpc) is 3.36. The van der Waals surface area contributed by atoms with E-state index in [1.165, 1.54) is 16.0 Å². The van der Waals surface area contributed by atoms with Crippen LogP contribution in [0.2, 0.25) is 0 Å². The number of amides is 2. The van der Waals surface area contributed by atoms with E-state index in [9.17, 15) is 9.59 Å². The highest BCUT2D eigenvalue weighted by Crippen LogP contribution is 2.39. The molecule has 0 fully saturated rings. The summed E-state index contributed by atoms with van der Waals surface area (Å²) >= 11 is 1.77. The maximum Gasteiger partial charge on any atom is 0.254 e. The Hall–Kier alpha value is -3.44. The third-order valence-corrected chi connectivity index (χ3v) is 7.96. The fourth-order valence-corrected chi connectivity index (χ4v) is 6.14. The predicted molar refractivity (Wildman–Crippen MR) is 147 cm³/mol. The Balaban J connectivity index is 1.45. The van der Waals surface area contributed by atoms with E-state index in [-0.39, 0.29) is 30.3 Å². The fourth-order valence-electron chi connectivity index (χ4n) is 5.23. The summed E-state index contributed by atoms with van der Waals surface area (Å²) in [5.74, 6) is 0.151. The van der Waals surface area contributed by atoms with Crippen LogP contribution in [-0.2, 0) is 11.2 Å². The Bertz CT molecular complexity index is 1410. The summed E-state index contributed by atoms with van der Waals surface area (Å²) in [5.41, 5.74) is 4.16. The van der Waals surface area contributed by atoms with Gasteiger partial charge in [0.25, 0.3) is 5.91 Å². The Morgan fingerprint density at radius 1 is 0.972 bits per heavy atom. The zero-order chi connectivity index (χ0) is 25.2. The minimum Gasteiger partial charge on any atom is -0.330 e. The quantitative estimate of drug-likeness (QED) is 0.306. The molecule has 1 atom stereocenters. The zero-order valence-corrected chi connectivity index (χ0v) is 21.9. The first-order valence-corrected chi connectivity index (χ1v) is 13.5. The number of hydrogen-bond donors (Lipinski definition) is 0. The molecule has 0 saturated carbocycles. The van der Waals surface area contributed by atoms with Crippen LogP contribution in [0.15, 0.2) is 78.2 Å². The Morgan fingerprint density at radius 2 is 1.72 bits per heavy atom. The van der Waals surface area contributed by atoms with Gasteiger partial charge in [-0.15, -0.1) is 11.3 Å². The van der Waals surface area contributed by atoms with Crippen molar-refractivity contribution in [1.29, 1.82) is 0 Å². The van der Waals surface area contributed by atoms with Crippen LogP contribution in [0, 0.1) is 12.8 Å². The molecule has 0 saturated heterocycles. The Morgan fingerprint density at radius 3 is 2.50 bits per heavy atom. The van der Waals surface area contributed by atoms with Crippen molar-refractivity contribution >= 4 is 33.9 Å². The van der Waals surface area contributed by atoms with Crippen molar-refractivity contribution in [3.05, 3.63) is 105 Å². The fraction of sp³-hybridized carbons (Fsp3) is 0.290. The molecule has 3 aromatic carbocycles. The molecule has 1 aliphatic rings. The number of thiophene rings is 1. The average molecular weight is 497 g/mol. The number of nitrogens with zero attached hydrogens (tertiary/aromatic N) is 2. The molecule has 0 aliphatic carbocycles. The van der Waals surface area contributed by atoms with Crippen LogP contribution in [0.5, 0.6) is 0 Å². The lowest BCUT2D eigenvalue weighted by molar-refractivity contribution is -0.134. The van der Waals surface area contributed by atoms with Gasteiger partial charge in [-0.1, -0.05) is 68.4 Å². The predicted octanol–water partition coefficient (Wildman–Crippen LogP) is 6.48. The Labute approximate surface area is 217 Å². The lowest BCUT2D eigenvalue weighted by atomic mass is 9.90. The molecule has 0 N–H and O–H groups in total. The molecule has 0 bridgehead atoms. The van der Waals surface area contributed by atoms with Crippen molar-refractivity contribution in [2.45, 2.75) is 33.2 Å². The van der Waals surface area contributed by atoms with E-state index in [1.54, 1.807) is 16.2 Å². The largest absolute Gasteiger partial charge is 0.330 e. The van der Waals surface area contributed by atoms with Crippen molar-refractivity contribution in [3.63, 3.8) is 0 Å². The van der Waals surface area contributed by atoms with Crippen molar-refractivity contribution in [3.8, 4) is 0 Å². The second kappa shape index (κ2) is 10.3. The van der Waals surface area contributed by atoms with Gasteiger partial charge in [-0.3, -0.25) is 9.59 Å². The van der Waals surface area contributed by atoms with Gasteiger partial charge in [-0.2, -0.15) is 0 Å². The van der Waals surface area contributed by atoms with Crippen LogP contribution < -0.4 is 0 Å². The van der Waals surface area contributed by atoms with Gasteiger partial charge in [0.1, 0.15) is 6.54 Å². The highest BCUT2D eigenvalue weighted by molar-refractivity contribution is 7.10. The summed E-state index contributed by atoms with van der Waals surface area (Å²) in [6.45, 7) is 7.53. The molecule has 4 aromatic rings. The van der Waals surface area contributed by atoms with Gasteiger partial charge in [-0.25, -0.2) is 0 Å². The lowest BCUT2D eigenvalue weighted by Gasteiger charge is -2.38. The molecule has 2 heterocycles. The molecule has 184 valence electrons. The van der Waals surface area contributed by atoms with Gasteiger partial charge in [-0.05, 0) is 70.3 Å². The van der Waals surface area contributed by atoms with Crippen LogP contribution in [0.3, 0.4) is 0 Å². The van der Waals surface area contributed by atoms with Gasteiger partial charge >= 0.3 is 0 Å². The molecule has 5 rings (SSSR count). The van der Waals surface area contributed by atoms with Crippen LogP contribution in [0.1, 0.15) is 51.8 Å². The summed E-state index contributed by atoms with van der Waals surface area (Å²) < 4.78 is 0. The van der Waals surface area contributed by atoms with E-state index in [2.05, 4.69) is 44.4 Å². The minimum atomic E-state index is -0.120. The maximum atomic E-state index is 13.9. The van der Waals surface area contributed by atoms with Gasteiger partial charge in [0.15, 0.2) is 0 Å². The first-order chi connectivity index (χ1) is 17.4. The molecule has 4 nitrogen and oxygen atoms in total. The monoisotopic (exact) mass is 496 g/mol. The number of carbonyl (C=O) groups is 2. The number of hydrogen-bond acceptors (Lipinski definition) is 3. The molecule has 0 radical (unpaired) electrons. The number of aryl methyl sites for hydroxylation is 1. The van der Waals surface area contributed by atoms with Crippen molar-refractivity contribution in [2.75, 3.05) is 19.6 Å². The zero-order valence-electron chi connectivity index (χ0n) is 21.1. The van der Waals surface area contributed by atoms with E-state index >= 15 is 0 Å². The molecule has 1 aliphatic heterocycles. The highest BCUT2D eigenvalue weighted by atomic mass is 32.1. The minimum absolute atomic E-state index is 0.00473. The normalized spacial score (nSPS) is 15.2. The summed E-state index contributed by atoms with van der Waals surface area (Å²) in [4.78, 5) is 32.6. The standard InChI is InChI=1S/C31H32N2O2S/c1-21(2)19-32(31(35)25-13-12-23-9-5-6-10-24(23)18-25)20-29(34)33-16-14-28-27(15-17-36-28)30(33)26-11-7-4-8-22(26)3/h4-13,15,17-18,21,30H,14,16,19-20H2,1-3H3. The molecular formula is C31H32N2O2S. The van der Waals surface area contributed by atoms with Gasteiger partial charge < -0.3 is 9.80 Å².